The minimum Gasteiger partial charge on any atom is -0.493 e. The van der Waals surface area contributed by atoms with Crippen molar-refractivity contribution in [1.82, 2.24) is 5.32 Å². The molecule has 0 bridgehead atoms. The highest BCUT2D eigenvalue weighted by Crippen LogP contribution is 2.52. The molecule has 2 saturated heterocycles. The van der Waals surface area contributed by atoms with Crippen LogP contribution in [-0.2, 0) is 20.8 Å². The average molecular weight is 610 g/mol. The third-order valence-corrected chi connectivity index (χ3v) is 8.06. The number of ether oxygens (including phenoxy) is 2. The van der Waals surface area contributed by atoms with Gasteiger partial charge in [-0.05, 0) is 45.3 Å². The maximum atomic E-state index is 14.0. The Hall–Kier alpha value is -4.29. The number of nitrogens with one attached hydrogen (secondary N) is 1. The zero-order valence-corrected chi connectivity index (χ0v) is 23.0. The first-order valence-electron chi connectivity index (χ1n) is 12.2. The Bertz CT molecular complexity index is 1530. The predicted molar refractivity (Wildman–Crippen MR) is 146 cm³/mol. The summed E-state index contributed by atoms with van der Waals surface area (Å²) in [5.41, 5.74) is -1.01. The fraction of sp³-hybridized carbons (Fsp3) is 0.250. The number of non-ortho nitro benzene ring substituents is 1. The molecule has 0 radical (unpaired) electrons. The van der Waals surface area contributed by atoms with E-state index in [2.05, 4.69) is 21.2 Å². The topological polar surface area (TPSA) is 148 Å². The van der Waals surface area contributed by atoms with Crippen LogP contribution in [0.2, 0.25) is 0 Å². The molecule has 11 nitrogen and oxygen atoms in total. The first-order valence-corrected chi connectivity index (χ1v) is 13.0. The standard InChI is InChI=1S/C28H24BrN3O8/c1-39-20-12-16(11-19(29)24(20)40-2)23-21-22(28(30-23,27(35)36)14-15-7-4-3-5-8-15)26(34)31(25(21)33)17-9-6-10-18(13-17)32(37)38/h3-13,21-23,30H,14H2,1-2H3,(H,35,36). The van der Waals surface area contributed by atoms with Crippen LogP contribution in [0.15, 0.2) is 71.2 Å². The van der Waals surface area contributed by atoms with E-state index in [0.717, 1.165) is 11.0 Å². The second-order valence-corrected chi connectivity index (χ2v) is 10.4. The van der Waals surface area contributed by atoms with E-state index in [1.165, 1.54) is 32.4 Å². The SMILES string of the molecule is COc1cc(C2NC(Cc3ccccc3)(C(=O)O)C3C(=O)N(c4cccc([N+](=O)[O-])c4)C(=O)C23)cc(Br)c1OC. The summed E-state index contributed by atoms with van der Waals surface area (Å²) >= 11 is 3.45. The molecular weight excluding hydrogens is 586 g/mol. The highest BCUT2D eigenvalue weighted by atomic mass is 79.9. The number of anilines is 1. The van der Waals surface area contributed by atoms with Crippen molar-refractivity contribution in [2.24, 2.45) is 11.8 Å². The van der Waals surface area contributed by atoms with Crippen LogP contribution in [0.25, 0.3) is 0 Å². The van der Waals surface area contributed by atoms with Gasteiger partial charge in [0.25, 0.3) is 5.69 Å². The molecule has 2 fully saturated rings. The second-order valence-electron chi connectivity index (χ2n) is 9.59. The lowest BCUT2D eigenvalue weighted by molar-refractivity contribution is -0.384. The largest absolute Gasteiger partial charge is 0.493 e. The summed E-state index contributed by atoms with van der Waals surface area (Å²) in [6.07, 6.45) is -0.0862. The van der Waals surface area contributed by atoms with Crippen molar-refractivity contribution < 1.29 is 33.9 Å². The van der Waals surface area contributed by atoms with Crippen molar-refractivity contribution in [3.8, 4) is 11.5 Å². The molecule has 0 saturated carbocycles. The number of imide groups is 1. The van der Waals surface area contributed by atoms with Crippen molar-refractivity contribution in [3.63, 3.8) is 0 Å². The maximum Gasteiger partial charge on any atom is 0.325 e. The zero-order chi connectivity index (χ0) is 28.8. The third-order valence-electron chi connectivity index (χ3n) is 7.48. The number of hydrogen-bond acceptors (Lipinski definition) is 8. The van der Waals surface area contributed by atoms with Gasteiger partial charge in [-0.3, -0.25) is 29.8 Å². The van der Waals surface area contributed by atoms with Crippen LogP contribution in [0.1, 0.15) is 17.2 Å². The van der Waals surface area contributed by atoms with Crippen molar-refractivity contribution in [2.45, 2.75) is 18.0 Å². The predicted octanol–water partition coefficient (Wildman–Crippen LogP) is 3.89. The quantitative estimate of drug-likeness (QED) is 0.220. The number of carbonyl (C=O) groups is 3. The van der Waals surface area contributed by atoms with Crippen LogP contribution in [0.3, 0.4) is 0 Å². The number of nitro benzene ring substituents is 1. The van der Waals surface area contributed by atoms with Crippen molar-refractivity contribution in [3.05, 3.63) is 92.4 Å². The van der Waals surface area contributed by atoms with Gasteiger partial charge < -0.3 is 14.6 Å². The Balaban J connectivity index is 1.69. The molecule has 2 amide bonds. The average Bonchev–Trinajstić information content (AvgIpc) is 3.42. The lowest BCUT2D eigenvalue weighted by Crippen LogP contribution is -2.57. The van der Waals surface area contributed by atoms with Crippen LogP contribution in [0, 0.1) is 22.0 Å². The molecule has 2 N–H and O–H groups in total. The molecular formula is C28H24BrN3O8. The van der Waals surface area contributed by atoms with E-state index < -0.39 is 46.1 Å². The van der Waals surface area contributed by atoms with Crippen molar-refractivity contribution >= 4 is 45.1 Å². The molecule has 4 unspecified atom stereocenters. The first kappa shape index (κ1) is 27.3. The fourth-order valence-electron chi connectivity index (χ4n) is 5.76. The van der Waals surface area contributed by atoms with Gasteiger partial charge in [0.05, 0.1) is 41.1 Å². The zero-order valence-electron chi connectivity index (χ0n) is 21.4. The normalized spacial score (nSPS) is 23.7. The lowest BCUT2D eigenvalue weighted by Gasteiger charge is -2.31. The van der Waals surface area contributed by atoms with E-state index in [1.807, 2.05) is 0 Å². The number of benzene rings is 3. The van der Waals surface area contributed by atoms with E-state index in [1.54, 1.807) is 42.5 Å². The maximum absolute atomic E-state index is 14.0. The molecule has 4 atom stereocenters. The van der Waals surface area contributed by atoms with E-state index in [4.69, 9.17) is 9.47 Å². The number of nitrogens with zero attached hydrogens (tertiary/aromatic N) is 2. The Kier molecular flexibility index (Phi) is 7.06. The number of aliphatic carboxylic acids is 1. The lowest BCUT2D eigenvalue weighted by atomic mass is 9.76. The minimum absolute atomic E-state index is 0.00448. The van der Waals surface area contributed by atoms with Gasteiger partial charge in [0.2, 0.25) is 11.8 Å². The van der Waals surface area contributed by atoms with Crippen LogP contribution in [0.4, 0.5) is 11.4 Å². The summed E-state index contributed by atoms with van der Waals surface area (Å²) in [5, 5.41) is 25.2. The van der Waals surface area contributed by atoms with Gasteiger partial charge in [0.1, 0.15) is 5.54 Å². The number of rotatable bonds is 8. The number of carboxylic acid groups (broad SMARTS) is 1. The number of methoxy groups -OCH3 is 2. The van der Waals surface area contributed by atoms with Gasteiger partial charge in [-0.2, -0.15) is 0 Å². The Labute approximate surface area is 237 Å². The van der Waals surface area contributed by atoms with E-state index in [-0.39, 0.29) is 17.8 Å². The summed E-state index contributed by atoms with van der Waals surface area (Å²) in [5.74, 6) is -4.39. The van der Waals surface area contributed by atoms with E-state index >= 15 is 0 Å². The van der Waals surface area contributed by atoms with Gasteiger partial charge in [-0.15, -0.1) is 0 Å². The van der Waals surface area contributed by atoms with Gasteiger partial charge in [-0.1, -0.05) is 36.4 Å². The second kappa shape index (κ2) is 10.4. The molecule has 12 heteroatoms. The molecule has 5 rings (SSSR count). The highest BCUT2D eigenvalue weighted by Gasteiger charge is 2.68. The molecule has 40 heavy (non-hydrogen) atoms. The van der Waals surface area contributed by atoms with E-state index in [9.17, 15) is 29.6 Å². The van der Waals surface area contributed by atoms with Gasteiger partial charge in [0.15, 0.2) is 11.5 Å². The summed E-state index contributed by atoms with van der Waals surface area (Å²) in [4.78, 5) is 52.8. The molecule has 3 aromatic rings. The molecule has 206 valence electrons. The number of hydrogen-bond donors (Lipinski definition) is 2. The number of carboxylic acids is 1. The van der Waals surface area contributed by atoms with Crippen molar-refractivity contribution in [1.29, 1.82) is 0 Å². The fourth-order valence-corrected chi connectivity index (χ4v) is 6.38. The Morgan fingerprint density at radius 2 is 1.80 bits per heavy atom. The molecule has 0 aromatic heterocycles. The molecule has 2 heterocycles. The number of amides is 2. The van der Waals surface area contributed by atoms with Crippen LogP contribution >= 0.6 is 15.9 Å². The number of nitro groups is 1. The molecule has 0 aliphatic carbocycles. The minimum atomic E-state index is -1.86. The third kappa shape index (κ3) is 4.29. The van der Waals surface area contributed by atoms with Crippen LogP contribution in [0.5, 0.6) is 11.5 Å². The van der Waals surface area contributed by atoms with Gasteiger partial charge >= 0.3 is 5.97 Å². The highest BCUT2D eigenvalue weighted by molar-refractivity contribution is 9.10. The van der Waals surface area contributed by atoms with E-state index in [0.29, 0.717) is 27.1 Å². The smallest absolute Gasteiger partial charge is 0.325 e. The molecule has 2 aliphatic rings. The monoisotopic (exact) mass is 609 g/mol. The number of halogens is 1. The van der Waals surface area contributed by atoms with Crippen molar-refractivity contribution in [2.75, 3.05) is 19.1 Å². The first-order chi connectivity index (χ1) is 19.1. The molecule has 3 aromatic carbocycles. The summed E-state index contributed by atoms with van der Waals surface area (Å²) < 4.78 is 11.4. The number of carbonyl (C=O) groups excluding carboxylic acids is 2. The van der Waals surface area contributed by atoms with Gasteiger partial charge in [0, 0.05) is 24.6 Å². The summed E-state index contributed by atoms with van der Waals surface area (Å²) in [7, 11) is 2.92. The Morgan fingerprint density at radius 3 is 2.42 bits per heavy atom. The molecule has 2 aliphatic heterocycles. The molecule has 0 spiro atoms. The van der Waals surface area contributed by atoms with Crippen LogP contribution < -0.4 is 19.7 Å². The number of fused-ring (bicyclic) bond motifs is 1. The van der Waals surface area contributed by atoms with Gasteiger partial charge in [-0.25, -0.2) is 4.90 Å². The van der Waals surface area contributed by atoms with Crippen LogP contribution in [-0.4, -0.2) is 47.6 Å². The summed E-state index contributed by atoms with van der Waals surface area (Å²) in [6, 6.07) is 16.4. The summed E-state index contributed by atoms with van der Waals surface area (Å²) in [6.45, 7) is 0. The Morgan fingerprint density at radius 1 is 1.07 bits per heavy atom.